The van der Waals surface area contributed by atoms with E-state index in [0.29, 0.717) is 35.2 Å². The molecule has 0 atom stereocenters. The molecule has 6 nitrogen and oxygen atoms in total. The van der Waals surface area contributed by atoms with Gasteiger partial charge in [0.25, 0.3) is 5.91 Å². The van der Waals surface area contributed by atoms with Crippen LogP contribution >= 0.6 is 11.3 Å². The van der Waals surface area contributed by atoms with E-state index in [-0.39, 0.29) is 11.4 Å². The Balaban J connectivity index is 1.97. The lowest BCUT2D eigenvalue weighted by molar-refractivity contribution is 0.0978. The zero-order chi connectivity index (χ0) is 20.3. The Hall–Kier alpha value is -2.39. The van der Waals surface area contributed by atoms with Gasteiger partial charge in [0.15, 0.2) is 16.6 Å². The Bertz CT molecular complexity index is 967. The van der Waals surface area contributed by atoms with Crippen LogP contribution in [0.3, 0.4) is 0 Å². The minimum absolute atomic E-state index is 0.0705. The van der Waals surface area contributed by atoms with Crippen molar-refractivity contribution >= 4 is 32.6 Å². The van der Waals surface area contributed by atoms with Gasteiger partial charge in [0.1, 0.15) is 11.3 Å². The van der Waals surface area contributed by atoms with Crippen molar-refractivity contribution in [2.45, 2.75) is 27.3 Å². The normalized spacial score (nSPS) is 11.5. The molecule has 0 aliphatic rings. The van der Waals surface area contributed by atoms with Crippen LogP contribution in [0.2, 0.25) is 0 Å². The first kappa shape index (κ1) is 20.3. The second-order valence-electron chi connectivity index (χ2n) is 6.27. The van der Waals surface area contributed by atoms with Crippen LogP contribution in [-0.4, -0.2) is 51.8 Å². The molecule has 0 spiro atoms. The zero-order valence-electron chi connectivity index (χ0n) is 16.2. The van der Waals surface area contributed by atoms with Crippen LogP contribution in [0.5, 0.6) is 0 Å². The summed E-state index contributed by atoms with van der Waals surface area (Å²) in [5, 5.41) is 4.62. The molecule has 0 aliphatic carbocycles. The largest absolute Gasteiger partial charge is 0.302 e. The monoisotopic (exact) mass is 407 g/mol. The van der Waals surface area contributed by atoms with Crippen molar-refractivity contribution in [2.24, 2.45) is 0 Å². The number of likely N-dealkylation sites (N-methyl/N-ethyl adjacent to an activating group) is 1. The van der Waals surface area contributed by atoms with Gasteiger partial charge in [-0.1, -0.05) is 25.2 Å². The number of hydrogen-bond acceptors (Lipinski definition) is 5. The molecular formula is C19H23F2N5OS. The maximum atomic E-state index is 14.1. The third-order valence-electron chi connectivity index (χ3n) is 4.60. The molecule has 3 aromatic rings. The summed E-state index contributed by atoms with van der Waals surface area (Å²) in [6.45, 7) is 9.40. The molecule has 2 aromatic heterocycles. The average Bonchev–Trinajstić information content (AvgIpc) is 3.32. The van der Waals surface area contributed by atoms with Gasteiger partial charge >= 0.3 is 0 Å². The van der Waals surface area contributed by atoms with Crippen LogP contribution in [0.4, 0.5) is 13.9 Å². The lowest BCUT2D eigenvalue weighted by atomic mass is 10.3. The summed E-state index contributed by atoms with van der Waals surface area (Å²) < 4.78 is 29.7. The summed E-state index contributed by atoms with van der Waals surface area (Å²) >= 11 is 1.10. The second-order valence-corrected chi connectivity index (χ2v) is 7.28. The maximum absolute atomic E-state index is 14.1. The van der Waals surface area contributed by atoms with Crippen molar-refractivity contribution in [3.63, 3.8) is 0 Å². The summed E-state index contributed by atoms with van der Waals surface area (Å²) in [7, 11) is 0. The van der Waals surface area contributed by atoms with E-state index in [1.165, 1.54) is 11.0 Å². The van der Waals surface area contributed by atoms with Crippen LogP contribution in [0.25, 0.3) is 10.2 Å². The minimum atomic E-state index is -0.732. The molecule has 2 heterocycles. The molecule has 9 heteroatoms. The van der Waals surface area contributed by atoms with E-state index in [9.17, 15) is 13.6 Å². The zero-order valence-corrected chi connectivity index (χ0v) is 17.0. The number of nitrogens with zero attached hydrogens (tertiary/aromatic N) is 5. The fraction of sp³-hybridized carbons (Fsp3) is 0.421. The quantitative estimate of drug-likeness (QED) is 0.570. The highest BCUT2D eigenvalue weighted by Crippen LogP contribution is 2.31. The van der Waals surface area contributed by atoms with Gasteiger partial charge in [-0.3, -0.25) is 14.4 Å². The standard InChI is InChI=1S/C19H23F2N5OS/c1-4-24(5-2)9-10-26(18(27)15-7-8-25(6-3)23-15)19-22-17-14(21)11-13(20)12-16(17)28-19/h7-8,11-12H,4-6,9-10H2,1-3H3. The van der Waals surface area contributed by atoms with Gasteiger partial charge in [-0.25, -0.2) is 13.8 Å². The van der Waals surface area contributed by atoms with Crippen molar-refractivity contribution in [3.8, 4) is 0 Å². The second kappa shape index (κ2) is 8.74. The molecule has 1 amide bonds. The molecule has 28 heavy (non-hydrogen) atoms. The fourth-order valence-electron chi connectivity index (χ4n) is 2.92. The van der Waals surface area contributed by atoms with Gasteiger partial charge in [-0.15, -0.1) is 0 Å². The first-order chi connectivity index (χ1) is 13.5. The molecule has 3 rings (SSSR count). The predicted octanol–water partition coefficient (Wildman–Crippen LogP) is 3.78. The summed E-state index contributed by atoms with van der Waals surface area (Å²) in [6, 6.07) is 3.69. The number of thiazole rings is 1. The Morgan fingerprint density at radius 1 is 1.18 bits per heavy atom. The van der Waals surface area contributed by atoms with Crippen molar-refractivity contribution < 1.29 is 13.6 Å². The third-order valence-corrected chi connectivity index (χ3v) is 5.62. The average molecular weight is 407 g/mol. The molecular weight excluding hydrogens is 384 g/mol. The molecule has 0 radical (unpaired) electrons. The van der Waals surface area contributed by atoms with Crippen molar-refractivity contribution in [1.29, 1.82) is 0 Å². The Morgan fingerprint density at radius 2 is 1.93 bits per heavy atom. The van der Waals surface area contributed by atoms with Gasteiger partial charge in [0.2, 0.25) is 0 Å². The molecule has 150 valence electrons. The number of benzene rings is 1. The highest BCUT2D eigenvalue weighted by molar-refractivity contribution is 7.22. The molecule has 0 saturated carbocycles. The van der Waals surface area contributed by atoms with Gasteiger partial charge in [-0.2, -0.15) is 5.10 Å². The van der Waals surface area contributed by atoms with Gasteiger partial charge < -0.3 is 4.90 Å². The van der Waals surface area contributed by atoms with E-state index in [1.54, 1.807) is 16.9 Å². The van der Waals surface area contributed by atoms with Crippen LogP contribution < -0.4 is 4.90 Å². The Labute approximate surface area is 166 Å². The van der Waals surface area contributed by atoms with E-state index in [1.807, 2.05) is 6.92 Å². The topological polar surface area (TPSA) is 54.3 Å². The third kappa shape index (κ3) is 4.20. The van der Waals surface area contributed by atoms with E-state index in [0.717, 1.165) is 30.5 Å². The smallest absolute Gasteiger partial charge is 0.280 e. The van der Waals surface area contributed by atoms with E-state index >= 15 is 0 Å². The number of carbonyl (C=O) groups excluding carboxylic acids is 1. The van der Waals surface area contributed by atoms with Crippen LogP contribution in [0.1, 0.15) is 31.3 Å². The Morgan fingerprint density at radius 3 is 2.57 bits per heavy atom. The summed E-state index contributed by atoms with van der Waals surface area (Å²) in [5.74, 6) is -1.70. The Kier molecular flexibility index (Phi) is 6.35. The molecule has 0 unspecified atom stereocenters. The van der Waals surface area contributed by atoms with Crippen LogP contribution in [0.15, 0.2) is 24.4 Å². The molecule has 0 fully saturated rings. The molecule has 0 saturated heterocycles. The summed E-state index contributed by atoms with van der Waals surface area (Å²) in [4.78, 5) is 21.1. The minimum Gasteiger partial charge on any atom is -0.302 e. The van der Waals surface area contributed by atoms with Crippen molar-refractivity contribution in [1.82, 2.24) is 19.7 Å². The van der Waals surface area contributed by atoms with Crippen LogP contribution in [-0.2, 0) is 6.54 Å². The van der Waals surface area contributed by atoms with Crippen LogP contribution in [0, 0.1) is 11.6 Å². The fourth-order valence-corrected chi connectivity index (χ4v) is 3.95. The SMILES string of the molecule is CCN(CC)CCN(C(=O)c1ccn(CC)n1)c1nc2c(F)cc(F)cc2s1. The predicted molar refractivity (Wildman–Crippen MR) is 107 cm³/mol. The number of anilines is 1. The van der Waals surface area contributed by atoms with Gasteiger partial charge in [-0.05, 0) is 32.1 Å². The highest BCUT2D eigenvalue weighted by atomic mass is 32.1. The van der Waals surface area contributed by atoms with E-state index in [2.05, 4.69) is 28.8 Å². The number of carbonyl (C=O) groups is 1. The highest BCUT2D eigenvalue weighted by Gasteiger charge is 2.24. The summed E-state index contributed by atoms with van der Waals surface area (Å²) in [6.07, 6.45) is 1.74. The molecule has 0 aliphatic heterocycles. The maximum Gasteiger partial charge on any atom is 0.280 e. The number of rotatable bonds is 8. The lowest BCUT2D eigenvalue weighted by Gasteiger charge is -2.24. The van der Waals surface area contributed by atoms with Gasteiger partial charge in [0, 0.05) is 31.9 Å². The van der Waals surface area contributed by atoms with Gasteiger partial charge in [0.05, 0.1) is 4.70 Å². The van der Waals surface area contributed by atoms with Crippen molar-refractivity contribution in [3.05, 3.63) is 41.7 Å². The number of aromatic nitrogens is 3. The summed E-state index contributed by atoms with van der Waals surface area (Å²) in [5.41, 5.74) is 0.369. The van der Waals surface area contributed by atoms with E-state index in [4.69, 9.17) is 0 Å². The first-order valence-corrected chi connectivity index (χ1v) is 10.1. The van der Waals surface area contributed by atoms with Crippen molar-refractivity contribution in [2.75, 3.05) is 31.1 Å². The molecule has 0 N–H and O–H groups in total. The number of hydrogen-bond donors (Lipinski definition) is 0. The van der Waals surface area contributed by atoms with E-state index < -0.39 is 11.6 Å². The number of halogens is 2. The lowest BCUT2D eigenvalue weighted by Crippen LogP contribution is -2.39. The molecule has 0 bridgehead atoms. The number of fused-ring (bicyclic) bond motifs is 1. The molecule has 1 aromatic carbocycles. The number of amides is 1. The first-order valence-electron chi connectivity index (χ1n) is 9.30. The number of aryl methyl sites for hydroxylation is 1.